The van der Waals surface area contributed by atoms with Gasteiger partial charge in [0, 0.05) is 10.7 Å². The van der Waals surface area contributed by atoms with E-state index in [-0.39, 0.29) is 15.7 Å². The molecule has 0 bridgehead atoms. The average molecular weight is 462 g/mol. The minimum Gasteiger partial charge on any atom is -0.359 e. The van der Waals surface area contributed by atoms with E-state index in [1.54, 1.807) is 24.3 Å². The largest absolute Gasteiger partial charge is 0.359 e. The standard InChI is InChI=1S/C15H11Cl6N3O/c16-8-6-10(17)12(11(18)7-8)23-13(15(19,20)21)24-14(25)22-9-4-2-1-3-5-9/h1-7,13,23H,(H2,22,24,25)/t13-/m0/s1. The fourth-order valence-electron chi connectivity index (χ4n) is 1.84. The molecule has 2 amide bonds. The molecular formula is C15H11Cl6N3O. The molecule has 4 nitrogen and oxygen atoms in total. The van der Waals surface area contributed by atoms with Crippen LogP contribution >= 0.6 is 69.6 Å². The minimum atomic E-state index is -1.89. The van der Waals surface area contributed by atoms with Crippen LogP contribution in [0, 0.1) is 0 Å². The fraction of sp³-hybridized carbons (Fsp3) is 0.133. The van der Waals surface area contributed by atoms with Crippen molar-refractivity contribution in [1.82, 2.24) is 5.32 Å². The second-order valence-electron chi connectivity index (χ2n) is 4.83. The average Bonchev–Trinajstić information content (AvgIpc) is 2.49. The Morgan fingerprint density at radius 3 is 2.04 bits per heavy atom. The molecule has 0 radical (unpaired) electrons. The van der Waals surface area contributed by atoms with Gasteiger partial charge in [0.05, 0.1) is 15.7 Å². The zero-order chi connectivity index (χ0) is 18.6. The first-order valence-corrected chi connectivity index (χ1v) is 9.04. The van der Waals surface area contributed by atoms with Crippen LogP contribution in [0.1, 0.15) is 0 Å². The van der Waals surface area contributed by atoms with Gasteiger partial charge in [-0.15, -0.1) is 0 Å². The molecule has 0 unspecified atom stereocenters. The first-order valence-electron chi connectivity index (χ1n) is 6.77. The molecule has 0 saturated carbocycles. The highest BCUT2D eigenvalue weighted by molar-refractivity contribution is 6.68. The second kappa shape index (κ2) is 8.76. The molecule has 2 rings (SSSR count). The van der Waals surface area contributed by atoms with Gasteiger partial charge in [-0.25, -0.2) is 4.79 Å². The summed E-state index contributed by atoms with van der Waals surface area (Å²) in [4.78, 5) is 12.2. The third kappa shape index (κ3) is 6.17. The Labute approximate surface area is 174 Å². The van der Waals surface area contributed by atoms with Crippen LogP contribution in [0.4, 0.5) is 16.2 Å². The zero-order valence-corrected chi connectivity index (χ0v) is 16.8. The van der Waals surface area contributed by atoms with Crippen molar-refractivity contribution in [2.45, 2.75) is 9.96 Å². The summed E-state index contributed by atoms with van der Waals surface area (Å²) in [7, 11) is 0. The summed E-state index contributed by atoms with van der Waals surface area (Å²) in [6, 6.07) is 11.1. The number of urea groups is 1. The van der Waals surface area contributed by atoms with Crippen LogP contribution in [0.25, 0.3) is 0 Å². The van der Waals surface area contributed by atoms with Gasteiger partial charge in [-0.05, 0) is 24.3 Å². The smallest absolute Gasteiger partial charge is 0.320 e. The Morgan fingerprint density at radius 2 is 1.52 bits per heavy atom. The van der Waals surface area contributed by atoms with Crippen LogP contribution in [0.2, 0.25) is 15.1 Å². The Hall–Kier alpha value is -0.750. The Kier molecular flexibility index (Phi) is 7.20. The lowest BCUT2D eigenvalue weighted by Crippen LogP contribution is -2.50. The van der Waals surface area contributed by atoms with Crippen molar-refractivity contribution < 1.29 is 4.79 Å². The molecule has 0 aliphatic heterocycles. The summed E-state index contributed by atoms with van der Waals surface area (Å²) in [6.45, 7) is 0. The van der Waals surface area contributed by atoms with Crippen molar-refractivity contribution in [3.63, 3.8) is 0 Å². The number of anilines is 2. The normalized spacial score (nSPS) is 12.4. The van der Waals surface area contributed by atoms with Gasteiger partial charge in [0.2, 0.25) is 3.79 Å². The summed E-state index contributed by atoms with van der Waals surface area (Å²) in [6.07, 6.45) is -1.13. The van der Waals surface area contributed by atoms with E-state index in [2.05, 4.69) is 16.0 Å². The summed E-state index contributed by atoms with van der Waals surface area (Å²) in [5.74, 6) is 0. The van der Waals surface area contributed by atoms with Gasteiger partial charge in [0.25, 0.3) is 0 Å². The van der Waals surface area contributed by atoms with Crippen LogP contribution in [0.3, 0.4) is 0 Å². The Morgan fingerprint density at radius 1 is 0.960 bits per heavy atom. The maximum absolute atomic E-state index is 12.2. The Balaban J connectivity index is 2.16. The first-order chi connectivity index (χ1) is 11.7. The molecule has 3 N–H and O–H groups in total. The first kappa shape index (κ1) is 20.6. The lowest BCUT2D eigenvalue weighted by molar-refractivity contribution is 0.249. The molecular weight excluding hydrogens is 451 g/mol. The summed E-state index contributed by atoms with van der Waals surface area (Å²) < 4.78 is -1.89. The van der Waals surface area contributed by atoms with Gasteiger partial charge >= 0.3 is 6.03 Å². The molecule has 0 aliphatic rings. The molecule has 0 aliphatic carbocycles. The van der Waals surface area contributed by atoms with Gasteiger partial charge in [-0.2, -0.15) is 0 Å². The highest BCUT2D eigenvalue weighted by Crippen LogP contribution is 2.37. The predicted octanol–water partition coefficient (Wildman–Crippen LogP) is 6.58. The summed E-state index contributed by atoms with van der Waals surface area (Å²) in [5, 5.41) is 8.71. The van der Waals surface area contributed by atoms with Crippen LogP contribution < -0.4 is 16.0 Å². The van der Waals surface area contributed by atoms with Gasteiger partial charge in [-0.3, -0.25) is 0 Å². The van der Waals surface area contributed by atoms with Gasteiger partial charge < -0.3 is 16.0 Å². The van der Waals surface area contributed by atoms with Crippen LogP contribution in [-0.4, -0.2) is 16.0 Å². The number of nitrogens with one attached hydrogen (secondary N) is 3. The monoisotopic (exact) mass is 459 g/mol. The number of carbonyl (C=O) groups excluding carboxylic acids is 1. The minimum absolute atomic E-state index is 0.210. The van der Waals surface area contributed by atoms with Gasteiger partial charge in [0.15, 0.2) is 0 Å². The predicted molar refractivity (Wildman–Crippen MR) is 108 cm³/mol. The molecule has 10 heteroatoms. The highest BCUT2D eigenvalue weighted by atomic mass is 35.6. The van der Waals surface area contributed by atoms with Gasteiger partial charge in [0.1, 0.15) is 6.17 Å². The van der Waals surface area contributed by atoms with Crippen molar-refractivity contribution in [2.24, 2.45) is 0 Å². The summed E-state index contributed by atoms with van der Waals surface area (Å²) in [5.41, 5.74) is 0.842. The van der Waals surface area contributed by atoms with Gasteiger partial charge in [-0.1, -0.05) is 87.8 Å². The van der Waals surface area contributed by atoms with E-state index in [4.69, 9.17) is 69.6 Å². The van der Waals surface area contributed by atoms with E-state index >= 15 is 0 Å². The van der Waals surface area contributed by atoms with E-state index in [1.807, 2.05) is 6.07 Å². The topological polar surface area (TPSA) is 53.2 Å². The van der Waals surface area contributed by atoms with Crippen LogP contribution in [0.5, 0.6) is 0 Å². The number of rotatable bonds is 4. The Bertz CT molecular complexity index is 728. The molecule has 134 valence electrons. The molecule has 0 fully saturated rings. The molecule has 25 heavy (non-hydrogen) atoms. The maximum atomic E-state index is 12.2. The number of hydrogen-bond donors (Lipinski definition) is 3. The number of benzene rings is 2. The molecule has 0 heterocycles. The molecule has 0 spiro atoms. The molecule has 1 atom stereocenters. The van der Waals surface area contributed by atoms with Crippen molar-refractivity contribution in [3.05, 3.63) is 57.5 Å². The molecule has 2 aromatic rings. The molecule has 0 aromatic heterocycles. The van der Waals surface area contributed by atoms with Crippen molar-refractivity contribution >= 4 is 87.0 Å². The number of halogens is 6. The number of carbonyl (C=O) groups is 1. The fourth-order valence-corrected chi connectivity index (χ4v) is 3.10. The lowest BCUT2D eigenvalue weighted by Gasteiger charge is -2.28. The number of alkyl halides is 3. The lowest BCUT2D eigenvalue weighted by atomic mass is 10.3. The summed E-state index contributed by atoms with van der Waals surface area (Å²) >= 11 is 35.9. The maximum Gasteiger partial charge on any atom is 0.320 e. The highest BCUT2D eigenvalue weighted by Gasteiger charge is 2.35. The van der Waals surface area contributed by atoms with Crippen molar-refractivity contribution in [3.8, 4) is 0 Å². The van der Waals surface area contributed by atoms with Crippen molar-refractivity contribution in [1.29, 1.82) is 0 Å². The number of hydrogen-bond acceptors (Lipinski definition) is 2. The van der Waals surface area contributed by atoms with E-state index < -0.39 is 16.0 Å². The van der Waals surface area contributed by atoms with Crippen LogP contribution in [0.15, 0.2) is 42.5 Å². The number of para-hydroxylation sites is 1. The van der Waals surface area contributed by atoms with E-state index in [1.165, 1.54) is 12.1 Å². The van der Waals surface area contributed by atoms with E-state index in [9.17, 15) is 4.79 Å². The number of amides is 2. The second-order valence-corrected chi connectivity index (χ2v) is 8.45. The quantitative estimate of drug-likeness (QED) is 0.356. The van der Waals surface area contributed by atoms with Crippen LogP contribution in [-0.2, 0) is 0 Å². The van der Waals surface area contributed by atoms with E-state index in [0.29, 0.717) is 10.7 Å². The molecule has 0 saturated heterocycles. The van der Waals surface area contributed by atoms with E-state index in [0.717, 1.165) is 0 Å². The van der Waals surface area contributed by atoms with Crippen molar-refractivity contribution in [2.75, 3.05) is 10.6 Å². The molecule has 2 aromatic carbocycles. The zero-order valence-electron chi connectivity index (χ0n) is 12.3. The SMILES string of the molecule is O=C(Nc1ccccc1)N[C@H](Nc1c(Cl)cc(Cl)cc1Cl)C(Cl)(Cl)Cl. The third-order valence-corrected chi connectivity index (χ3v) is 4.40. The third-order valence-electron chi connectivity index (χ3n) is 2.93.